The molecule has 0 aliphatic heterocycles. The minimum absolute atomic E-state index is 0.0710. The van der Waals surface area contributed by atoms with Crippen LogP contribution in [-0.4, -0.2) is 34.1 Å². The number of rotatable bonds is 10. The predicted octanol–water partition coefficient (Wildman–Crippen LogP) is 1.86. The van der Waals surface area contributed by atoms with Gasteiger partial charge in [-0.2, -0.15) is 0 Å². The van der Waals surface area contributed by atoms with Gasteiger partial charge in [0.1, 0.15) is 11.5 Å². The van der Waals surface area contributed by atoms with Crippen LogP contribution in [0.5, 0.6) is 11.5 Å². The van der Waals surface area contributed by atoms with Crippen LogP contribution in [0.2, 0.25) is 0 Å². The van der Waals surface area contributed by atoms with E-state index in [1.54, 1.807) is 24.3 Å². The summed E-state index contributed by atoms with van der Waals surface area (Å²) in [5.74, 6) is 1.35. The third-order valence-electron chi connectivity index (χ3n) is 3.72. The van der Waals surface area contributed by atoms with E-state index in [4.69, 9.17) is 14.6 Å². The molecule has 0 saturated carbocycles. The van der Waals surface area contributed by atoms with E-state index in [0.717, 1.165) is 11.3 Å². The average molecular weight is 392 g/mol. The summed E-state index contributed by atoms with van der Waals surface area (Å²) in [5, 5.41) is 7.86. The number of nitrogens with two attached hydrogens (primary N) is 1. The predicted molar refractivity (Wildman–Crippen MR) is 102 cm³/mol. The Kier molecular flexibility index (Phi) is 7.63. The Morgan fingerprint density at radius 2 is 1.59 bits per heavy atom. The number of benzene rings is 2. The average Bonchev–Trinajstić information content (AvgIpc) is 2.63. The lowest BCUT2D eigenvalue weighted by Gasteiger charge is -2.09. The van der Waals surface area contributed by atoms with Gasteiger partial charge in [-0.05, 0) is 55.3 Å². The van der Waals surface area contributed by atoms with Crippen LogP contribution in [0.25, 0.3) is 0 Å². The van der Waals surface area contributed by atoms with Gasteiger partial charge in [0, 0.05) is 6.54 Å². The van der Waals surface area contributed by atoms with Crippen molar-refractivity contribution in [3.8, 4) is 11.5 Å². The zero-order valence-corrected chi connectivity index (χ0v) is 16.0. The van der Waals surface area contributed by atoms with Gasteiger partial charge < -0.3 is 14.8 Å². The summed E-state index contributed by atoms with van der Waals surface area (Å²) in [6.45, 7) is 3.26. The summed E-state index contributed by atoms with van der Waals surface area (Å²) in [5.41, 5.74) is 0.910. The second-order valence-electron chi connectivity index (χ2n) is 5.79. The van der Waals surface area contributed by atoms with E-state index in [1.807, 2.05) is 19.1 Å². The largest absolute Gasteiger partial charge is 0.494 e. The van der Waals surface area contributed by atoms with E-state index in [9.17, 15) is 13.2 Å². The molecule has 1 amide bonds. The van der Waals surface area contributed by atoms with Gasteiger partial charge in [-0.1, -0.05) is 12.1 Å². The van der Waals surface area contributed by atoms with Crippen LogP contribution in [0.15, 0.2) is 53.4 Å². The van der Waals surface area contributed by atoms with Crippen molar-refractivity contribution in [2.45, 2.75) is 24.7 Å². The number of carbonyl (C=O) groups excluding carboxylic acids is 1. The van der Waals surface area contributed by atoms with Gasteiger partial charge in [0.2, 0.25) is 15.9 Å². The number of primary sulfonamides is 1. The minimum atomic E-state index is -3.68. The Balaban J connectivity index is 1.66. The summed E-state index contributed by atoms with van der Waals surface area (Å²) in [6.07, 6.45) is 0.841. The van der Waals surface area contributed by atoms with E-state index < -0.39 is 10.0 Å². The molecule has 0 unspecified atom stereocenters. The first-order valence-corrected chi connectivity index (χ1v) is 10.2. The second-order valence-corrected chi connectivity index (χ2v) is 7.35. The van der Waals surface area contributed by atoms with Crippen LogP contribution in [-0.2, 0) is 21.2 Å². The Bertz CT molecular complexity index is 833. The third kappa shape index (κ3) is 7.28. The lowest BCUT2D eigenvalue weighted by Crippen LogP contribution is -2.27. The molecule has 146 valence electrons. The first-order chi connectivity index (χ1) is 12.9. The smallest absolute Gasteiger partial charge is 0.238 e. The molecular weight excluding hydrogens is 368 g/mol. The normalized spacial score (nSPS) is 11.0. The first kappa shape index (κ1) is 20.7. The highest BCUT2D eigenvalue weighted by molar-refractivity contribution is 7.89. The Morgan fingerprint density at radius 3 is 2.15 bits per heavy atom. The van der Waals surface area contributed by atoms with Crippen molar-refractivity contribution < 1.29 is 22.7 Å². The Hall–Kier alpha value is -2.58. The van der Waals surface area contributed by atoms with E-state index in [0.29, 0.717) is 25.3 Å². The van der Waals surface area contributed by atoms with Crippen molar-refractivity contribution in [1.29, 1.82) is 0 Å². The molecule has 0 saturated heterocycles. The molecule has 2 aromatic rings. The van der Waals surface area contributed by atoms with Gasteiger partial charge in [0.15, 0.2) is 0 Å². The quantitative estimate of drug-likeness (QED) is 0.642. The molecule has 0 aliphatic rings. The fourth-order valence-corrected chi connectivity index (χ4v) is 2.86. The fourth-order valence-electron chi connectivity index (χ4n) is 2.34. The van der Waals surface area contributed by atoms with Gasteiger partial charge >= 0.3 is 0 Å². The SMILES string of the molecule is CCOc1ccc(OCCC(=O)NCCc2ccc(S(N)(=O)=O)cc2)cc1. The van der Waals surface area contributed by atoms with E-state index in [1.165, 1.54) is 12.1 Å². The van der Waals surface area contributed by atoms with Crippen molar-refractivity contribution >= 4 is 15.9 Å². The highest BCUT2D eigenvalue weighted by Crippen LogP contribution is 2.17. The number of nitrogens with one attached hydrogen (secondary N) is 1. The molecule has 0 bridgehead atoms. The zero-order valence-electron chi connectivity index (χ0n) is 15.2. The van der Waals surface area contributed by atoms with E-state index in [2.05, 4.69) is 5.32 Å². The third-order valence-corrected chi connectivity index (χ3v) is 4.65. The van der Waals surface area contributed by atoms with Gasteiger partial charge in [0.05, 0.1) is 24.5 Å². The van der Waals surface area contributed by atoms with Crippen molar-refractivity contribution in [1.82, 2.24) is 5.32 Å². The lowest BCUT2D eigenvalue weighted by molar-refractivity contribution is -0.121. The summed E-state index contributed by atoms with van der Waals surface area (Å²) in [7, 11) is -3.68. The molecule has 0 radical (unpaired) electrons. The number of amides is 1. The van der Waals surface area contributed by atoms with Crippen molar-refractivity contribution in [3.05, 3.63) is 54.1 Å². The molecule has 7 nitrogen and oxygen atoms in total. The van der Waals surface area contributed by atoms with E-state index >= 15 is 0 Å². The van der Waals surface area contributed by atoms with Crippen LogP contribution in [0.3, 0.4) is 0 Å². The molecule has 0 aliphatic carbocycles. The Labute approximate surface area is 159 Å². The van der Waals surface area contributed by atoms with E-state index in [-0.39, 0.29) is 23.8 Å². The molecule has 0 spiro atoms. The zero-order chi connectivity index (χ0) is 19.7. The second kappa shape index (κ2) is 9.94. The fraction of sp³-hybridized carbons (Fsp3) is 0.316. The summed E-state index contributed by atoms with van der Waals surface area (Å²) in [4.78, 5) is 11.9. The molecule has 2 aromatic carbocycles. The highest BCUT2D eigenvalue weighted by Gasteiger charge is 2.07. The van der Waals surface area contributed by atoms with Crippen LogP contribution in [0, 0.1) is 0 Å². The molecule has 27 heavy (non-hydrogen) atoms. The standard InChI is InChI=1S/C19H24N2O5S/c1-2-25-16-5-7-17(8-6-16)26-14-12-19(22)21-13-11-15-3-9-18(10-4-15)27(20,23)24/h3-10H,2,11-14H2,1H3,(H,21,22)(H2,20,23,24). The number of ether oxygens (including phenoxy) is 2. The maximum atomic E-state index is 11.8. The van der Waals surface area contributed by atoms with Gasteiger partial charge in [0.25, 0.3) is 0 Å². The molecule has 0 heterocycles. The molecule has 3 N–H and O–H groups in total. The van der Waals surface area contributed by atoms with Gasteiger partial charge in [-0.25, -0.2) is 13.6 Å². The van der Waals surface area contributed by atoms with Gasteiger partial charge in [-0.3, -0.25) is 4.79 Å². The topological polar surface area (TPSA) is 108 Å². The first-order valence-electron chi connectivity index (χ1n) is 8.62. The Morgan fingerprint density at radius 1 is 1.00 bits per heavy atom. The van der Waals surface area contributed by atoms with Crippen LogP contribution in [0.4, 0.5) is 0 Å². The lowest BCUT2D eigenvalue weighted by atomic mass is 10.1. The van der Waals surface area contributed by atoms with Crippen molar-refractivity contribution in [2.75, 3.05) is 19.8 Å². The molecule has 0 atom stereocenters. The highest BCUT2D eigenvalue weighted by atomic mass is 32.2. The minimum Gasteiger partial charge on any atom is -0.494 e. The molecule has 0 aromatic heterocycles. The number of hydrogen-bond donors (Lipinski definition) is 2. The van der Waals surface area contributed by atoms with Crippen molar-refractivity contribution in [3.63, 3.8) is 0 Å². The maximum absolute atomic E-state index is 11.8. The maximum Gasteiger partial charge on any atom is 0.238 e. The van der Waals surface area contributed by atoms with Crippen LogP contribution >= 0.6 is 0 Å². The molecule has 2 rings (SSSR count). The molecule has 8 heteroatoms. The summed E-state index contributed by atoms with van der Waals surface area (Å²) >= 11 is 0. The number of hydrogen-bond acceptors (Lipinski definition) is 5. The summed E-state index contributed by atoms with van der Waals surface area (Å²) < 4.78 is 33.3. The molecular formula is C19H24N2O5S. The van der Waals surface area contributed by atoms with Crippen LogP contribution < -0.4 is 19.9 Å². The number of sulfonamides is 1. The number of carbonyl (C=O) groups is 1. The summed E-state index contributed by atoms with van der Waals surface area (Å²) in [6, 6.07) is 13.5. The molecule has 0 fully saturated rings. The van der Waals surface area contributed by atoms with Crippen LogP contribution in [0.1, 0.15) is 18.9 Å². The monoisotopic (exact) mass is 392 g/mol. The van der Waals surface area contributed by atoms with Crippen molar-refractivity contribution in [2.24, 2.45) is 5.14 Å². The van der Waals surface area contributed by atoms with Gasteiger partial charge in [-0.15, -0.1) is 0 Å².